The minimum atomic E-state index is -3.32. The SMILES string of the molecule is CCS(=O)(=O)N1CCC[C@H](C(=O)N/N=C\c2cn(Cc3ccc(F)cc3Cl)c3ccccc23)C1. The molecule has 1 aliphatic rings. The number of benzene rings is 2. The molecule has 3 aromatic rings. The second kappa shape index (κ2) is 10.2. The zero-order valence-electron chi connectivity index (χ0n) is 18.7. The fraction of sp³-hybridized carbons (Fsp3) is 0.333. The number of fused-ring (bicyclic) bond motifs is 1. The van der Waals surface area contributed by atoms with Crippen LogP contribution in [0.2, 0.25) is 5.02 Å². The first-order valence-corrected chi connectivity index (χ1v) is 13.1. The van der Waals surface area contributed by atoms with Gasteiger partial charge in [-0.2, -0.15) is 5.10 Å². The van der Waals surface area contributed by atoms with Crippen molar-refractivity contribution in [1.29, 1.82) is 0 Å². The van der Waals surface area contributed by atoms with Crippen LogP contribution in [0.1, 0.15) is 30.9 Å². The number of piperidine rings is 1. The first kappa shape index (κ1) is 24.4. The molecule has 34 heavy (non-hydrogen) atoms. The number of rotatable bonds is 7. The molecule has 2 aromatic carbocycles. The largest absolute Gasteiger partial charge is 0.342 e. The molecule has 0 bridgehead atoms. The van der Waals surface area contributed by atoms with Gasteiger partial charge in [-0.1, -0.05) is 35.9 Å². The van der Waals surface area contributed by atoms with Crippen molar-refractivity contribution in [3.05, 3.63) is 70.6 Å². The number of amides is 1. The molecule has 7 nitrogen and oxygen atoms in total. The number of nitrogens with zero attached hydrogens (tertiary/aromatic N) is 3. The predicted octanol–water partition coefficient (Wildman–Crippen LogP) is 3.99. The quantitative estimate of drug-likeness (QED) is 0.390. The number of hydrazone groups is 1. The number of nitrogens with one attached hydrogen (secondary N) is 1. The number of carbonyl (C=O) groups is 1. The van der Waals surface area contributed by atoms with Crippen LogP contribution >= 0.6 is 11.6 Å². The van der Waals surface area contributed by atoms with Crippen LogP contribution in [-0.2, 0) is 21.4 Å². The van der Waals surface area contributed by atoms with Gasteiger partial charge in [0, 0.05) is 47.3 Å². The van der Waals surface area contributed by atoms with Crippen LogP contribution in [0.3, 0.4) is 0 Å². The Labute approximate surface area is 203 Å². The lowest BCUT2D eigenvalue weighted by atomic mass is 9.99. The molecule has 1 aromatic heterocycles. The lowest BCUT2D eigenvalue weighted by Gasteiger charge is -2.30. The van der Waals surface area contributed by atoms with Gasteiger partial charge < -0.3 is 4.57 Å². The zero-order valence-corrected chi connectivity index (χ0v) is 20.3. The lowest BCUT2D eigenvalue weighted by molar-refractivity contribution is -0.126. The highest BCUT2D eigenvalue weighted by Gasteiger charge is 2.31. The van der Waals surface area contributed by atoms with E-state index in [1.54, 1.807) is 19.2 Å². The van der Waals surface area contributed by atoms with E-state index in [4.69, 9.17) is 11.6 Å². The summed E-state index contributed by atoms with van der Waals surface area (Å²) in [6, 6.07) is 12.1. The van der Waals surface area contributed by atoms with Crippen molar-refractivity contribution in [3.63, 3.8) is 0 Å². The van der Waals surface area contributed by atoms with Crippen molar-refractivity contribution < 1.29 is 17.6 Å². The normalized spacial score (nSPS) is 17.4. The van der Waals surface area contributed by atoms with Crippen molar-refractivity contribution >= 4 is 44.6 Å². The van der Waals surface area contributed by atoms with Crippen LogP contribution in [0.4, 0.5) is 4.39 Å². The van der Waals surface area contributed by atoms with Gasteiger partial charge in [0.25, 0.3) is 0 Å². The maximum absolute atomic E-state index is 13.4. The number of hydrogen-bond acceptors (Lipinski definition) is 4. The number of aromatic nitrogens is 1. The van der Waals surface area contributed by atoms with E-state index in [1.165, 1.54) is 16.4 Å². The Hall–Kier alpha value is -2.75. The Morgan fingerprint density at radius 2 is 2.09 bits per heavy atom. The van der Waals surface area contributed by atoms with Gasteiger partial charge in [0.1, 0.15) is 5.82 Å². The molecule has 4 rings (SSSR count). The lowest BCUT2D eigenvalue weighted by Crippen LogP contribution is -2.45. The second-order valence-electron chi connectivity index (χ2n) is 8.30. The Balaban J connectivity index is 1.49. The Morgan fingerprint density at radius 3 is 2.85 bits per heavy atom. The summed E-state index contributed by atoms with van der Waals surface area (Å²) < 4.78 is 41.1. The number of halogens is 2. The molecule has 0 spiro atoms. The number of hydrogen-bond donors (Lipinski definition) is 1. The Kier molecular flexibility index (Phi) is 7.35. The summed E-state index contributed by atoms with van der Waals surface area (Å²) in [7, 11) is -3.32. The number of carbonyl (C=O) groups excluding carboxylic acids is 1. The first-order valence-electron chi connectivity index (χ1n) is 11.1. The maximum Gasteiger partial charge on any atom is 0.244 e. The summed E-state index contributed by atoms with van der Waals surface area (Å²) >= 11 is 6.21. The summed E-state index contributed by atoms with van der Waals surface area (Å²) in [4.78, 5) is 12.6. The van der Waals surface area contributed by atoms with E-state index in [1.807, 2.05) is 35.0 Å². The van der Waals surface area contributed by atoms with Crippen molar-refractivity contribution in [3.8, 4) is 0 Å². The van der Waals surface area contributed by atoms with Gasteiger partial charge in [0.05, 0.1) is 17.9 Å². The average molecular weight is 505 g/mol. The zero-order chi connectivity index (χ0) is 24.3. The summed E-state index contributed by atoms with van der Waals surface area (Å²) in [6.45, 7) is 2.67. The van der Waals surface area contributed by atoms with Crippen molar-refractivity contribution in [2.45, 2.75) is 26.3 Å². The summed E-state index contributed by atoms with van der Waals surface area (Å²) in [5, 5.41) is 5.44. The molecule has 1 N–H and O–H groups in total. The Bertz CT molecular complexity index is 1340. The molecule has 1 fully saturated rings. The van der Waals surface area contributed by atoms with Crippen LogP contribution in [0.25, 0.3) is 10.9 Å². The van der Waals surface area contributed by atoms with E-state index in [9.17, 15) is 17.6 Å². The first-order chi connectivity index (χ1) is 16.3. The highest BCUT2D eigenvalue weighted by atomic mass is 35.5. The summed E-state index contributed by atoms with van der Waals surface area (Å²) in [5.41, 5.74) is 5.10. The molecule has 0 aliphatic carbocycles. The predicted molar refractivity (Wildman–Crippen MR) is 132 cm³/mol. The van der Waals surface area contributed by atoms with Crippen molar-refractivity contribution in [1.82, 2.24) is 14.3 Å². The molecular formula is C24H26ClFN4O3S. The molecule has 1 amide bonds. The van der Waals surface area contributed by atoms with Gasteiger partial charge in [0.15, 0.2) is 0 Å². The standard InChI is InChI=1S/C24H26ClFN4O3S/c1-2-34(32,33)30-11-5-6-18(16-30)24(31)28-27-13-19-15-29(23-8-4-3-7-21(19)23)14-17-9-10-20(26)12-22(17)25/h3-4,7-10,12-13,15,18H,2,5-6,11,14,16H2,1H3,(H,28,31)/b27-13-/t18-/m0/s1. The minimum absolute atomic E-state index is 0.0205. The third-order valence-corrected chi connectivity index (χ3v) is 8.27. The van der Waals surface area contributed by atoms with Crippen LogP contribution in [0.5, 0.6) is 0 Å². The molecule has 0 radical (unpaired) electrons. The number of para-hydroxylation sites is 1. The van der Waals surface area contributed by atoms with E-state index in [-0.39, 0.29) is 24.0 Å². The topological polar surface area (TPSA) is 83.8 Å². The second-order valence-corrected chi connectivity index (χ2v) is 11.0. The minimum Gasteiger partial charge on any atom is -0.342 e. The molecule has 0 saturated carbocycles. The van der Waals surface area contributed by atoms with Crippen molar-refractivity contribution in [2.75, 3.05) is 18.8 Å². The molecular weight excluding hydrogens is 479 g/mol. The van der Waals surface area contributed by atoms with E-state index in [0.29, 0.717) is 31.0 Å². The summed E-state index contributed by atoms with van der Waals surface area (Å²) in [5.74, 6) is -1.10. The van der Waals surface area contributed by atoms with Crippen LogP contribution in [0, 0.1) is 11.7 Å². The molecule has 1 atom stereocenters. The van der Waals surface area contributed by atoms with E-state index >= 15 is 0 Å². The Morgan fingerprint density at radius 1 is 1.29 bits per heavy atom. The fourth-order valence-electron chi connectivity index (χ4n) is 4.19. The molecule has 10 heteroatoms. The maximum atomic E-state index is 13.4. The van der Waals surface area contributed by atoms with Gasteiger partial charge in [-0.15, -0.1) is 0 Å². The van der Waals surface area contributed by atoms with Crippen LogP contribution in [0.15, 0.2) is 53.8 Å². The monoisotopic (exact) mass is 504 g/mol. The van der Waals surface area contributed by atoms with E-state index in [2.05, 4.69) is 10.5 Å². The van der Waals surface area contributed by atoms with Gasteiger partial charge >= 0.3 is 0 Å². The van der Waals surface area contributed by atoms with Gasteiger partial charge in [-0.25, -0.2) is 22.5 Å². The highest BCUT2D eigenvalue weighted by molar-refractivity contribution is 7.89. The van der Waals surface area contributed by atoms with E-state index in [0.717, 1.165) is 22.0 Å². The fourth-order valence-corrected chi connectivity index (χ4v) is 5.60. The van der Waals surface area contributed by atoms with Crippen LogP contribution < -0.4 is 5.43 Å². The van der Waals surface area contributed by atoms with Gasteiger partial charge in [0.2, 0.25) is 15.9 Å². The smallest absolute Gasteiger partial charge is 0.244 e. The molecule has 1 aliphatic heterocycles. The van der Waals surface area contributed by atoms with Gasteiger partial charge in [-0.3, -0.25) is 4.79 Å². The average Bonchev–Trinajstić information content (AvgIpc) is 3.18. The van der Waals surface area contributed by atoms with Crippen molar-refractivity contribution in [2.24, 2.45) is 11.0 Å². The van der Waals surface area contributed by atoms with E-state index < -0.39 is 15.9 Å². The molecule has 1 saturated heterocycles. The summed E-state index contributed by atoms with van der Waals surface area (Å²) in [6.07, 6.45) is 4.73. The highest BCUT2D eigenvalue weighted by Crippen LogP contribution is 2.24. The molecule has 0 unspecified atom stereocenters. The third kappa shape index (κ3) is 5.32. The van der Waals surface area contributed by atoms with Crippen LogP contribution in [-0.4, -0.2) is 48.3 Å². The molecule has 2 heterocycles. The van der Waals surface area contributed by atoms with Gasteiger partial charge in [-0.05, 0) is 43.5 Å². The molecule has 180 valence electrons. The third-order valence-electron chi connectivity index (χ3n) is 6.07. The number of sulfonamides is 1.